The molecule has 1 fully saturated rings. The molecule has 206 valence electrons. The number of carbonyl (C=O) groups excluding carboxylic acids is 3. The van der Waals surface area contributed by atoms with Gasteiger partial charge in [-0.25, -0.2) is 0 Å². The summed E-state index contributed by atoms with van der Waals surface area (Å²) in [5, 5.41) is 3.92. The zero-order valence-electron chi connectivity index (χ0n) is 23.0. The van der Waals surface area contributed by atoms with Crippen LogP contribution < -0.4 is 11.1 Å². The number of benzene rings is 2. The van der Waals surface area contributed by atoms with Crippen LogP contribution in [-0.4, -0.2) is 70.3 Å². The summed E-state index contributed by atoms with van der Waals surface area (Å²) in [4.78, 5) is 46.8. The van der Waals surface area contributed by atoms with E-state index in [0.29, 0.717) is 38.8 Å². The summed E-state index contributed by atoms with van der Waals surface area (Å²) >= 11 is 0. The van der Waals surface area contributed by atoms with Gasteiger partial charge in [-0.05, 0) is 56.4 Å². The number of aromatic nitrogens is 1. The predicted molar refractivity (Wildman–Crippen MR) is 154 cm³/mol. The van der Waals surface area contributed by atoms with Crippen molar-refractivity contribution in [2.24, 2.45) is 5.73 Å². The third-order valence-corrected chi connectivity index (χ3v) is 7.26. The maximum absolute atomic E-state index is 14.2. The van der Waals surface area contributed by atoms with Crippen molar-refractivity contribution in [1.29, 1.82) is 0 Å². The highest BCUT2D eigenvalue weighted by Crippen LogP contribution is 2.23. The van der Waals surface area contributed by atoms with E-state index in [4.69, 9.17) is 5.73 Å². The first-order valence-corrected chi connectivity index (χ1v) is 13.5. The summed E-state index contributed by atoms with van der Waals surface area (Å²) in [6, 6.07) is 16.4. The Hall–Kier alpha value is -3.91. The lowest BCUT2D eigenvalue weighted by Crippen LogP contribution is -2.61. The van der Waals surface area contributed by atoms with Crippen LogP contribution in [0.25, 0.3) is 10.9 Å². The summed E-state index contributed by atoms with van der Waals surface area (Å²) in [5.41, 5.74) is 8.65. The lowest BCUT2D eigenvalue weighted by molar-refractivity contribution is -0.149. The highest BCUT2D eigenvalue weighted by molar-refractivity contribution is 5.96. The largest absolute Gasteiger partial charge is 0.361 e. The second-order valence-corrected chi connectivity index (χ2v) is 11.0. The van der Waals surface area contributed by atoms with Gasteiger partial charge in [-0.1, -0.05) is 54.6 Å². The standard InChI is InChI=1S/C31H39N5O3/c1-31(2,32)17-9-14-28(37)35(3)27(20-23-21-34-25-13-8-7-12-24(23)25)30(39)36-19-18-33-29(38)26(36)16-15-22-10-5-4-6-11-22/h4-14,21,26-27,34H,15-20,32H2,1-3H3,(H,33,38)/b14-9-/t26-,27-/m1/s1. The molecule has 0 bridgehead atoms. The number of likely N-dealkylation sites (N-methyl/N-ethyl adjacent to an activating group) is 1. The number of hydrogen-bond acceptors (Lipinski definition) is 4. The van der Waals surface area contributed by atoms with Gasteiger partial charge in [-0.15, -0.1) is 0 Å². The number of para-hydroxylation sites is 1. The molecule has 39 heavy (non-hydrogen) atoms. The number of carbonyl (C=O) groups is 3. The van der Waals surface area contributed by atoms with Gasteiger partial charge in [-0.3, -0.25) is 14.4 Å². The van der Waals surface area contributed by atoms with Gasteiger partial charge >= 0.3 is 0 Å². The molecule has 1 aliphatic heterocycles. The third-order valence-electron chi connectivity index (χ3n) is 7.26. The van der Waals surface area contributed by atoms with E-state index >= 15 is 0 Å². The molecule has 3 aromatic rings. The molecule has 0 unspecified atom stereocenters. The van der Waals surface area contributed by atoms with Crippen molar-refractivity contribution in [3.63, 3.8) is 0 Å². The van der Waals surface area contributed by atoms with Crippen LogP contribution in [0.2, 0.25) is 0 Å². The Morgan fingerprint density at radius 3 is 2.62 bits per heavy atom. The van der Waals surface area contributed by atoms with Crippen LogP contribution in [0.4, 0.5) is 0 Å². The SMILES string of the molecule is CN(C(=O)/C=C\CC(C)(C)N)[C@H](Cc1c[nH]c2ccccc12)C(=O)N1CCNC(=O)[C@H]1CCc1ccccc1. The van der Waals surface area contributed by atoms with Crippen molar-refractivity contribution in [3.8, 4) is 0 Å². The molecule has 2 atom stereocenters. The quantitative estimate of drug-likeness (QED) is 0.350. The van der Waals surface area contributed by atoms with Crippen molar-refractivity contribution in [2.45, 2.75) is 57.2 Å². The summed E-state index contributed by atoms with van der Waals surface area (Å²) in [5.74, 6) is -0.660. The van der Waals surface area contributed by atoms with Gasteiger partial charge < -0.3 is 25.8 Å². The van der Waals surface area contributed by atoms with E-state index < -0.39 is 17.6 Å². The molecule has 3 amide bonds. The first-order valence-electron chi connectivity index (χ1n) is 13.5. The fourth-order valence-corrected chi connectivity index (χ4v) is 5.04. The van der Waals surface area contributed by atoms with Crippen LogP contribution in [0, 0.1) is 0 Å². The fourth-order valence-electron chi connectivity index (χ4n) is 5.04. The molecule has 0 radical (unpaired) electrons. The summed E-state index contributed by atoms with van der Waals surface area (Å²) < 4.78 is 0. The van der Waals surface area contributed by atoms with Crippen molar-refractivity contribution in [2.75, 3.05) is 20.1 Å². The summed E-state index contributed by atoms with van der Waals surface area (Å²) in [6.07, 6.45) is 7.16. The normalized spacial score (nSPS) is 16.9. The van der Waals surface area contributed by atoms with E-state index in [-0.39, 0.29) is 17.7 Å². The zero-order chi connectivity index (χ0) is 28.0. The smallest absolute Gasteiger partial charge is 0.246 e. The molecule has 8 nitrogen and oxygen atoms in total. The Morgan fingerprint density at radius 1 is 1.15 bits per heavy atom. The maximum Gasteiger partial charge on any atom is 0.246 e. The molecular formula is C31H39N5O3. The molecule has 8 heteroatoms. The van der Waals surface area contributed by atoms with Crippen molar-refractivity contribution in [1.82, 2.24) is 20.1 Å². The Bertz CT molecular complexity index is 1320. The Balaban J connectivity index is 1.60. The first kappa shape index (κ1) is 28.1. The van der Waals surface area contributed by atoms with Gasteiger partial charge in [0.25, 0.3) is 0 Å². The number of amides is 3. The van der Waals surface area contributed by atoms with Crippen molar-refractivity contribution >= 4 is 28.6 Å². The number of H-pyrrole nitrogens is 1. The van der Waals surface area contributed by atoms with E-state index in [0.717, 1.165) is 22.0 Å². The number of piperazine rings is 1. The number of aryl methyl sites for hydroxylation is 1. The van der Waals surface area contributed by atoms with Crippen molar-refractivity contribution < 1.29 is 14.4 Å². The topological polar surface area (TPSA) is 112 Å². The second kappa shape index (κ2) is 12.3. The highest BCUT2D eigenvalue weighted by atomic mass is 16.2. The molecule has 4 N–H and O–H groups in total. The van der Waals surface area contributed by atoms with Crippen LogP contribution in [0.1, 0.15) is 37.8 Å². The molecule has 0 spiro atoms. The average molecular weight is 530 g/mol. The zero-order valence-corrected chi connectivity index (χ0v) is 23.0. The number of fused-ring (bicyclic) bond motifs is 1. The van der Waals surface area contributed by atoms with Crippen LogP contribution >= 0.6 is 0 Å². The van der Waals surface area contributed by atoms with Crippen LogP contribution in [-0.2, 0) is 27.2 Å². The van der Waals surface area contributed by atoms with Gasteiger partial charge in [0.2, 0.25) is 17.7 Å². The van der Waals surface area contributed by atoms with Crippen LogP contribution in [0.3, 0.4) is 0 Å². The second-order valence-electron chi connectivity index (χ2n) is 11.0. The van der Waals surface area contributed by atoms with Crippen LogP contribution in [0.5, 0.6) is 0 Å². The Morgan fingerprint density at radius 2 is 1.87 bits per heavy atom. The van der Waals surface area contributed by atoms with Gasteiger partial charge in [0.15, 0.2) is 0 Å². The van der Waals surface area contributed by atoms with Gasteiger partial charge in [-0.2, -0.15) is 0 Å². The van der Waals surface area contributed by atoms with Gasteiger partial charge in [0.05, 0.1) is 0 Å². The minimum absolute atomic E-state index is 0.157. The Kier molecular flexibility index (Phi) is 8.86. The molecule has 1 saturated heterocycles. The molecule has 1 aliphatic rings. The average Bonchev–Trinajstić information content (AvgIpc) is 3.33. The molecule has 0 saturated carbocycles. The minimum Gasteiger partial charge on any atom is -0.361 e. The number of hydrogen-bond donors (Lipinski definition) is 3. The third kappa shape index (κ3) is 7.15. The minimum atomic E-state index is -0.780. The number of rotatable bonds is 10. The summed E-state index contributed by atoms with van der Waals surface area (Å²) in [7, 11) is 1.65. The predicted octanol–water partition coefficient (Wildman–Crippen LogP) is 3.18. The molecule has 4 rings (SSSR count). The van der Waals surface area contributed by atoms with Gasteiger partial charge in [0, 0.05) is 49.2 Å². The van der Waals surface area contributed by atoms with Crippen molar-refractivity contribution in [3.05, 3.63) is 84.1 Å². The van der Waals surface area contributed by atoms with E-state index in [1.54, 1.807) is 18.0 Å². The number of nitrogens with two attached hydrogens (primary N) is 1. The Labute approximate surface area is 230 Å². The summed E-state index contributed by atoms with van der Waals surface area (Å²) in [6.45, 7) is 4.57. The fraction of sp³-hybridized carbons (Fsp3) is 0.387. The molecule has 2 heterocycles. The lowest BCUT2D eigenvalue weighted by atomic mass is 9.98. The maximum atomic E-state index is 14.2. The highest BCUT2D eigenvalue weighted by Gasteiger charge is 2.38. The lowest BCUT2D eigenvalue weighted by Gasteiger charge is -2.39. The monoisotopic (exact) mass is 529 g/mol. The van der Waals surface area contributed by atoms with Crippen LogP contribution in [0.15, 0.2) is 72.9 Å². The molecule has 0 aliphatic carbocycles. The number of aromatic amines is 1. The first-order chi connectivity index (χ1) is 18.6. The number of nitrogens with zero attached hydrogens (tertiary/aromatic N) is 2. The van der Waals surface area contributed by atoms with E-state index in [1.165, 1.54) is 11.0 Å². The number of nitrogens with one attached hydrogen (secondary N) is 2. The molecular weight excluding hydrogens is 490 g/mol. The molecule has 2 aromatic carbocycles. The van der Waals surface area contributed by atoms with E-state index in [1.807, 2.05) is 74.6 Å². The van der Waals surface area contributed by atoms with Gasteiger partial charge in [0.1, 0.15) is 12.1 Å². The molecule has 1 aromatic heterocycles. The van der Waals surface area contributed by atoms with E-state index in [9.17, 15) is 14.4 Å². The van der Waals surface area contributed by atoms with E-state index in [2.05, 4.69) is 10.3 Å².